The maximum atomic E-state index is 13.5. The van der Waals surface area contributed by atoms with Crippen molar-refractivity contribution in [2.75, 3.05) is 12.1 Å². The summed E-state index contributed by atoms with van der Waals surface area (Å²) < 4.78 is 24.6. The van der Waals surface area contributed by atoms with Crippen LogP contribution in [0, 0.1) is 5.82 Å². The molecule has 0 N–H and O–H groups in total. The van der Waals surface area contributed by atoms with Crippen LogP contribution in [0.2, 0.25) is 0 Å². The number of anilines is 1. The van der Waals surface area contributed by atoms with E-state index in [0.717, 1.165) is 16.7 Å². The van der Waals surface area contributed by atoms with Crippen LogP contribution in [0.15, 0.2) is 114 Å². The van der Waals surface area contributed by atoms with Gasteiger partial charge in [0.25, 0.3) is 5.91 Å². The zero-order valence-electron chi connectivity index (χ0n) is 19.6. The number of methoxy groups -OCH3 is 1. The third-order valence-electron chi connectivity index (χ3n) is 5.73. The smallest absolute Gasteiger partial charge is 0.281 e. The van der Waals surface area contributed by atoms with Crippen LogP contribution in [0.25, 0.3) is 6.08 Å². The van der Waals surface area contributed by atoms with Crippen LogP contribution in [0.5, 0.6) is 11.5 Å². The summed E-state index contributed by atoms with van der Waals surface area (Å²) in [6.45, 7) is 0.270. The molecule has 0 spiro atoms. The highest BCUT2D eigenvalue weighted by Crippen LogP contribution is 2.32. The lowest BCUT2D eigenvalue weighted by atomic mass is 10.00. The van der Waals surface area contributed by atoms with E-state index < -0.39 is 0 Å². The van der Waals surface area contributed by atoms with Crippen LogP contribution < -0.4 is 14.5 Å². The van der Waals surface area contributed by atoms with Gasteiger partial charge in [0, 0.05) is 5.56 Å². The summed E-state index contributed by atoms with van der Waals surface area (Å²) in [4.78, 5) is 13.5. The molecule has 0 radical (unpaired) electrons. The van der Waals surface area contributed by atoms with E-state index in [4.69, 9.17) is 9.47 Å². The number of ether oxygens (including phenoxy) is 2. The van der Waals surface area contributed by atoms with Crippen LogP contribution >= 0.6 is 0 Å². The van der Waals surface area contributed by atoms with Gasteiger partial charge < -0.3 is 9.47 Å². The second-order valence-corrected chi connectivity index (χ2v) is 8.15. The molecule has 5 nitrogen and oxygen atoms in total. The normalized spacial score (nSPS) is 14.2. The molecule has 0 unspecified atom stereocenters. The van der Waals surface area contributed by atoms with Crippen LogP contribution in [-0.2, 0) is 11.4 Å². The molecule has 4 aromatic carbocycles. The second-order valence-electron chi connectivity index (χ2n) is 8.15. The van der Waals surface area contributed by atoms with Gasteiger partial charge in [-0.05, 0) is 53.6 Å². The number of amides is 1. The molecule has 178 valence electrons. The molecule has 6 heteroatoms. The first-order chi connectivity index (χ1) is 17.6. The van der Waals surface area contributed by atoms with E-state index in [1.807, 2.05) is 78.9 Å². The number of benzene rings is 4. The number of carbonyl (C=O) groups is 1. The zero-order chi connectivity index (χ0) is 24.9. The molecule has 0 bridgehead atoms. The highest BCUT2D eigenvalue weighted by Gasteiger charge is 2.32. The fourth-order valence-electron chi connectivity index (χ4n) is 3.90. The molecule has 1 amide bonds. The number of hydrogen-bond donors (Lipinski definition) is 0. The minimum atomic E-state index is -0.292. The summed E-state index contributed by atoms with van der Waals surface area (Å²) in [6, 6.07) is 30.6. The number of para-hydroxylation sites is 1. The van der Waals surface area contributed by atoms with Crippen molar-refractivity contribution >= 4 is 23.4 Å². The Bertz CT molecular complexity index is 1430. The minimum Gasteiger partial charge on any atom is -0.493 e. The lowest BCUT2D eigenvalue weighted by Crippen LogP contribution is -2.21. The van der Waals surface area contributed by atoms with Crippen molar-refractivity contribution in [1.82, 2.24) is 0 Å². The Morgan fingerprint density at radius 3 is 2.25 bits per heavy atom. The molecule has 0 atom stereocenters. The Balaban J connectivity index is 1.46. The third kappa shape index (κ3) is 4.88. The summed E-state index contributed by atoms with van der Waals surface area (Å²) >= 11 is 0. The van der Waals surface area contributed by atoms with Crippen molar-refractivity contribution in [3.05, 3.63) is 131 Å². The van der Waals surface area contributed by atoms with Crippen molar-refractivity contribution in [1.29, 1.82) is 0 Å². The molecule has 0 saturated carbocycles. The van der Waals surface area contributed by atoms with Crippen molar-refractivity contribution in [2.45, 2.75) is 6.61 Å². The van der Waals surface area contributed by atoms with E-state index >= 15 is 0 Å². The van der Waals surface area contributed by atoms with Crippen molar-refractivity contribution in [3.63, 3.8) is 0 Å². The van der Waals surface area contributed by atoms with Gasteiger partial charge in [-0.25, -0.2) is 4.39 Å². The minimum absolute atomic E-state index is 0.212. The Morgan fingerprint density at radius 1 is 0.861 bits per heavy atom. The Labute approximate surface area is 208 Å². The van der Waals surface area contributed by atoms with Gasteiger partial charge in [0.2, 0.25) is 0 Å². The van der Waals surface area contributed by atoms with Crippen molar-refractivity contribution in [3.8, 4) is 11.5 Å². The second kappa shape index (κ2) is 10.3. The Hall–Kier alpha value is -4.71. The SMILES string of the molecule is COc1cc(/C=C2\C(=O)N(c3ccccc3)N=C2c2ccccc2)ccc1OCc1ccc(F)cc1. The van der Waals surface area contributed by atoms with Gasteiger partial charge in [-0.2, -0.15) is 10.1 Å². The largest absolute Gasteiger partial charge is 0.493 e. The average molecular weight is 479 g/mol. The zero-order valence-corrected chi connectivity index (χ0v) is 19.6. The van der Waals surface area contributed by atoms with E-state index in [-0.39, 0.29) is 18.3 Å². The summed E-state index contributed by atoms with van der Waals surface area (Å²) in [5, 5.41) is 6.09. The number of halogens is 1. The first-order valence-corrected chi connectivity index (χ1v) is 11.4. The molecule has 0 fully saturated rings. The van der Waals surface area contributed by atoms with Crippen LogP contribution in [0.3, 0.4) is 0 Å². The molecule has 1 aliphatic heterocycles. The first-order valence-electron chi connectivity index (χ1n) is 11.4. The van der Waals surface area contributed by atoms with Gasteiger partial charge in [0.15, 0.2) is 11.5 Å². The topological polar surface area (TPSA) is 51.1 Å². The fraction of sp³-hybridized carbons (Fsp3) is 0.0667. The molecule has 36 heavy (non-hydrogen) atoms. The fourth-order valence-corrected chi connectivity index (χ4v) is 3.90. The maximum absolute atomic E-state index is 13.5. The number of hydrogen-bond acceptors (Lipinski definition) is 4. The standard InChI is InChI=1S/C30H23FN2O3/c1-35-28-19-22(14-17-27(28)36-20-21-12-15-24(31)16-13-21)18-26-29(23-8-4-2-5-9-23)32-33(30(26)34)25-10-6-3-7-11-25/h2-19H,20H2,1H3/b26-18-. The number of nitrogens with zero attached hydrogens (tertiary/aromatic N) is 2. The number of hydrazone groups is 1. The maximum Gasteiger partial charge on any atom is 0.281 e. The van der Waals surface area contributed by atoms with Crippen LogP contribution in [0.1, 0.15) is 16.7 Å². The predicted octanol–water partition coefficient (Wildman–Crippen LogP) is 6.25. The summed E-state index contributed by atoms with van der Waals surface area (Å²) in [5.41, 5.74) is 4.23. The molecule has 5 rings (SSSR count). The van der Waals surface area contributed by atoms with Gasteiger partial charge >= 0.3 is 0 Å². The lowest BCUT2D eigenvalue weighted by Gasteiger charge is -2.12. The summed E-state index contributed by atoms with van der Waals surface area (Å²) in [6.07, 6.45) is 1.81. The predicted molar refractivity (Wildman–Crippen MR) is 139 cm³/mol. The molecule has 1 aliphatic rings. The number of rotatable bonds is 7. The van der Waals surface area contributed by atoms with Gasteiger partial charge in [0.1, 0.15) is 18.1 Å². The highest BCUT2D eigenvalue weighted by atomic mass is 19.1. The van der Waals surface area contributed by atoms with Gasteiger partial charge in [-0.15, -0.1) is 0 Å². The molecule has 4 aromatic rings. The van der Waals surface area contributed by atoms with Crippen LogP contribution in [-0.4, -0.2) is 18.7 Å². The molecule has 0 aromatic heterocycles. The highest BCUT2D eigenvalue weighted by molar-refractivity contribution is 6.37. The summed E-state index contributed by atoms with van der Waals surface area (Å²) in [5.74, 6) is 0.565. The number of carbonyl (C=O) groups excluding carboxylic acids is 1. The van der Waals surface area contributed by atoms with E-state index in [9.17, 15) is 9.18 Å². The third-order valence-corrected chi connectivity index (χ3v) is 5.73. The van der Waals surface area contributed by atoms with Gasteiger partial charge in [-0.1, -0.05) is 66.7 Å². The van der Waals surface area contributed by atoms with E-state index in [2.05, 4.69) is 5.10 Å². The van der Waals surface area contributed by atoms with Crippen molar-refractivity contribution in [2.24, 2.45) is 5.10 Å². The average Bonchev–Trinajstić information content (AvgIpc) is 3.25. The molecule has 1 heterocycles. The van der Waals surface area contributed by atoms with Gasteiger partial charge in [0.05, 0.1) is 18.4 Å². The van der Waals surface area contributed by atoms with E-state index in [1.54, 1.807) is 25.3 Å². The lowest BCUT2D eigenvalue weighted by molar-refractivity contribution is -0.114. The molecular formula is C30H23FN2O3. The first kappa shape index (κ1) is 23.1. The monoisotopic (exact) mass is 478 g/mol. The molecule has 0 aliphatic carbocycles. The van der Waals surface area contributed by atoms with Gasteiger partial charge in [-0.3, -0.25) is 4.79 Å². The van der Waals surface area contributed by atoms with Crippen LogP contribution in [0.4, 0.5) is 10.1 Å². The Morgan fingerprint density at radius 2 is 1.56 bits per heavy atom. The van der Waals surface area contributed by atoms with E-state index in [1.165, 1.54) is 17.1 Å². The summed E-state index contributed by atoms with van der Waals surface area (Å²) in [7, 11) is 1.56. The molecule has 0 saturated heterocycles. The van der Waals surface area contributed by atoms with E-state index in [0.29, 0.717) is 28.5 Å². The quantitative estimate of drug-likeness (QED) is 0.295. The van der Waals surface area contributed by atoms with Crippen molar-refractivity contribution < 1.29 is 18.7 Å². The molecular weight excluding hydrogens is 455 g/mol. The Kier molecular flexibility index (Phi) is 6.58.